The summed E-state index contributed by atoms with van der Waals surface area (Å²) < 4.78 is 40.7. The lowest BCUT2D eigenvalue weighted by molar-refractivity contribution is -0.175. The second-order valence-electron chi connectivity index (χ2n) is 4.49. The summed E-state index contributed by atoms with van der Waals surface area (Å²) in [5.74, 6) is -2.82. The maximum Gasteiger partial charge on any atom is 0.471 e. The lowest BCUT2D eigenvalue weighted by atomic mass is 9.99. The van der Waals surface area contributed by atoms with Crippen molar-refractivity contribution in [3.63, 3.8) is 0 Å². The molecule has 0 saturated heterocycles. The Kier molecular flexibility index (Phi) is 7.71. The number of carbonyl (C=O) groups excluding carboxylic acids is 2. The minimum absolute atomic E-state index is 0. The second kappa shape index (κ2) is 7.32. The van der Waals surface area contributed by atoms with Crippen LogP contribution in [0, 0.1) is 0 Å². The molecule has 1 atom stereocenters. The number of halogens is 3. The predicted molar refractivity (Wildman–Crippen MR) is 62.3 cm³/mol. The first-order chi connectivity index (χ1) is 7.92. The molecule has 8 heteroatoms. The molecular formula is C11H20F3NO4. The van der Waals surface area contributed by atoms with E-state index in [2.05, 4.69) is 4.74 Å². The van der Waals surface area contributed by atoms with Gasteiger partial charge in [0.05, 0.1) is 11.6 Å². The van der Waals surface area contributed by atoms with Crippen LogP contribution in [0.3, 0.4) is 0 Å². The Labute approximate surface area is 110 Å². The number of amides is 1. The molecule has 0 aromatic heterocycles. The van der Waals surface area contributed by atoms with E-state index in [1.807, 2.05) is 0 Å². The van der Waals surface area contributed by atoms with Gasteiger partial charge in [0.2, 0.25) is 0 Å². The Balaban J connectivity index is 0. The Hall–Kier alpha value is -1.31. The maximum absolute atomic E-state index is 12.1. The molecule has 5 nitrogen and oxygen atoms in total. The average Bonchev–Trinajstić information content (AvgIpc) is 2.09. The van der Waals surface area contributed by atoms with Crippen molar-refractivity contribution in [3.8, 4) is 0 Å². The highest BCUT2D eigenvalue weighted by atomic mass is 19.4. The molecule has 0 unspecified atom stereocenters. The van der Waals surface area contributed by atoms with Crippen molar-refractivity contribution in [1.29, 1.82) is 0 Å². The van der Waals surface area contributed by atoms with Crippen LogP contribution in [0.4, 0.5) is 13.2 Å². The van der Waals surface area contributed by atoms with Gasteiger partial charge >= 0.3 is 18.1 Å². The predicted octanol–water partition coefficient (Wildman–Crippen LogP) is 1.39. The largest absolute Gasteiger partial charge is 0.471 e. The number of esters is 1. The third kappa shape index (κ3) is 10.3. The van der Waals surface area contributed by atoms with Crippen LogP contribution < -0.4 is 5.32 Å². The Morgan fingerprint density at radius 3 is 2.11 bits per heavy atom. The van der Waals surface area contributed by atoms with Crippen molar-refractivity contribution in [3.05, 3.63) is 0 Å². The number of aliphatic hydroxyl groups is 1. The molecule has 0 aliphatic heterocycles. The van der Waals surface area contributed by atoms with Gasteiger partial charge < -0.3 is 15.2 Å². The molecule has 0 spiro atoms. The summed E-state index contributed by atoms with van der Waals surface area (Å²) in [5.41, 5.74) is -1.30. The summed E-state index contributed by atoms with van der Waals surface area (Å²) >= 11 is 0. The van der Waals surface area contributed by atoms with Gasteiger partial charge in [0.1, 0.15) is 6.61 Å². The standard InChI is InChI=1S/C10H16F3NO4.CH4/c1-6(15)18-5-7(4-9(2,3)17)14-8(16)10(11,12)13;/h7,17H,4-5H2,1-3H3,(H,14,16);1H4/t7-;/m0./s1. The molecule has 2 N–H and O–H groups in total. The molecule has 0 aliphatic rings. The molecule has 0 aliphatic carbocycles. The van der Waals surface area contributed by atoms with Crippen molar-refractivity contribution < 1.29 is 32.6 Å². The molecule has 19 heavy (non-hydrogen) atoms. The molecule has 0 radical (unpaired) electrons. The Bertz CT molecular complexity index is 310. The lowest BCUT2D eigenvalue weighted by Gasteiger charge is -2.25. The van der Waals surface area contributed by atoms with Gasteiger partial charge in [0.15, 0.2) is 0 Å². The van der Waals surface area contributed by atoms with Crippen molar-refractivity contribution >= 4 is 11.9 Å². The van der Waals surface area contributed by atoms with Crippen molar-refractivity contribution in [1.82, 2.24) is 5.32 Å². The summed E-state index contributed by atoms with van der Waals surface area (Å²) in [4.78, 5) is 21.3. The second-order valence-corrected chi connectivity index (χ2v) is 4.49. The van der Waals surface area contributed by atoms with E-state index in [0.29, 0.717) is 0 Å². The highest BCUT2D eigenvalue weighted by Gasteiger charge is 2.40. The van der Waals surface area contributed by atoms with E-state index >= 15 is 0 Å². The number of alkyl halides is 3. The van der Waals surface area contributed by atoms with Crippen LogP contribution in [0.1, 0.15) is 34.6 Å². The van der Waals surface area contributed by atoms with Crippen molar-refractivity contribution in [2.75, 3.05) is 6.61 Å². The molecule has 0 fully saturated rings. The number of hydrogen-bond donors (Lipinski definition) is 2. The van der Waals surface area contributed by atoms with E-state index in [9.17, 15) is 27.9 Å². The maximum atomic E-state index is 12.1. The fraction of sp³-hybridized carbons (Fsp3) is 0.818. The van der Waals surface area contributed by atoms with Gasteiger partial charge in [0.25, 0.3) is 0 Å². The topological polar surface area (TPSA) is 75.6 Å². The minimum Gasteiger partial charge on any atom is -0.464 e. The van der Waals surface area contributed by atoms with Gasteiger partial charge in [-0.05, 0) is 20.3 Å². The van der Waals surface area contributed by atoms with Gasteiger partial charge in [-0.15, -0.1) is 0 Å². The first-order valence-electron chi connectivity index (χ1n) is 5.15. The average molecular weight is 287 g/mol. The third-order valence-electron chi connectivity index (χ3n) is 1.83. The lowest BCUT2D eigenvalue weighted by Crippen LogP contribution is -2.48. The van der Waals surface area contributed by atoms with Gasteiger partial charge in [0, 0.05) is 6.92 Å². The van der Waals surface area contributed by atoms with Crippen molar-refractivity contribution in [2.24, 2.45) is 0 Å². The van der Waals surface area contributed by atoms with Crippen LogP contribution in [-0.2, 0) is 14.3 Å². The number of hydrogen-bond acceptors (Lipinski definition) is 4. The molecule has 0 saturated carbocycles. The van der Waals surface area contributed by atoms with Crippen LogP contribution >= 0.6 is 0 Å². The minimum atomic E-state index is -5.02. The van der Waals surface area contributed by atoms with Gasteiger partial charge in [-0.3, -0.25) is 9.59 Å². The monoisotopic (exact) mass is 287 g/mol. The van der Waals surface area contributed by atoms with E-state index < -0.39 is 36.3 Å². The van der Waals surface area contributed by atoms with E-state index in [1.165, 1.54) is 13.8 Å². The zero-order valence-corrected chi connectivity index (χ0v) is 10.3. The summed E-state index contributed by atoms with van der Waals surface area (Å²) in [7, 11) is 0. The van der Waals surface area contributed by atoms with E-state index in [4.69, 9.17) is 0 Å². The fourth-order valence-corrected chi connectivity index (χ4v) is 1.24. The molecule has 0 bridgehead atoms. The van der Waals surface area contributed by atoms with Crippen LogP contribution in [-0.4, -0.2) is 41.4 Å². The molecule has 0 rings (SSSR count). The number of ether oxygens (including phenoxy) is 1. The first-order valence-corrected chi connectivity index (χ1v) is 5.15. The van der Waals surface area contributed by atoms with E-state index in [-0.39, 0.29) is 13.8 Å². The van der Waals surface area contributed by atoms with Gasteiger partial charge in [-0.25, -0.2) is 0 Å². The molecule has 0 aromatic carbocycles. The van der Waals surface area contributed by atoms with Crippen LogP contribution in [0.15, 0.2) is 0 Å². The number of carbonyl (C=O) groups is 2. The Morgan fingerprint density at radius 2 is 1.79 bits per heavy atom. The normalized spacial score (nSPS) is 13.2. The molecule has 0 aromatic rings. The number of rotatable bonds is 5. The summed E-state index contributed by atoms with van der Waals surface area (Å²) in [6.45, 7) is 3.40. The highest BCUT2D eigenvalue weighted by molar-refractivity contribution is 5.82. The molecule has 114 valence electrons. The van der Waals surface area contributed by atoms with Crippen LogP contribution in [0.5, 0.6) is 0 Å². The molecular weight excluding hydrogens is 267 g/mol. The smallest absolute Gasteiger partial charge is 0.464 e. The number of nitrogens with one attached hydrogen (secondary N) is 1. The summed E-state index contributed by atoms with van der Waals surface area (Å²) in [6.07, 6.45) is -5.20. The van der Waals surface area contributed by atoms with E-state index in [1.54, 1.807) is 5.32 Å². The van der Waals surface area contributed by atoms with Crippen LogP contribution in [0.2, 0.25) is 0 Å². The third-order valence-corrected chi connectivity index (χ3v) is 1.83. The zero-order valence-electron chi connectivity index (χ0n) is 10.3. The Morgan fingerprint density at radius 1 is 1.32 bits per heavy atom. The quantitative estimate of drug-likeness (QED) is 0.749. The first kappa shape index (κ1) is 20.0. The molecule has 1 amide bonds. The fourth-order valence-electron chi connectivity index (χ4n) is 1.24. The summed E-state index contributed by atoms with van der Waals surface area (Å²) in [6, 6.07) is -1.11. The molecule has 0 heterocycles. The van der Waals surface area contributed by atoms with E-state index in [0.717, 1.165) is 6.92 Å². The van der Waals surface area contributed by atoms with Gasteiger partial charge in [-0.2, -0.15) is 13.2 Å². The summed E-state index contributed by atoms with van der Waals surface area (Å²) in [5, 5.41) is 11.2. The van der Waals surface area contributed by atoms with Crippen molar-refractivity contribution in [2.45, 2.75) is 52.4 Å². The highest BCUT2D eigenvalue weighted by Crippen LogP contribution is 2.17. The zero-order chi connectivity index (χ0) is 14.6. The van der Waals surface area contributed by atoms with Crippen LogP contribution in [0.25, 0.3) is 0 Å². The SMILES string of the molecule is C.CC(=O)OC[C@H](CC(C)(C)O)NC(=O)C(F)(F)F. The van der Waals surface area contributed by atoms with Gasteiger partial charge in [-0.1, -0.05) is 7.43 Å².